The van der Waals surface area contributed by atoms with E-state index in [0.29, 0.717) is 42.9 Å². The predicted molar refractivity (Wildman–Crippen MR) is 120 cm³/mol. The summed E-state index contributed by atoms with van der Waals surface area (Å²) in [5.74, 6) is 1.00. The Morgan fingerprint density at radius 1 is 1.06 bits per heavy atom. The number of carboxylic acid groups (broad SMARTS) is 1. The molecule has 4 N–H and O–H groups in total. The number of phosphoric ester groups is 1. The van der Waals surface area contributed by atoms with Gasteiger partial charge in [0.05, 0.1) is 12.2 Å². The molecule has 0 aromatic heterocycles. The van der Waals surface area contributed by atoms with Crippen LogP contribution >= 0.6 is 7.82 Å². The Morgan fingerprint density at radius 2 is 1.72 bits per heavy atom. The molecule has 0 heterocycles. The maximum absolute atomic E-state index is 11.9. The van der Waals surface area contributed by atoms with E-state index in [-0.39, 0.29) is 35.2 Å². The van der Waals surface area contributed by atoms with Gasteiger partial charge in [0.2, 0.25) is 0 Å². The second-order valence-electron chi connectivity index (χ2n) is 11.9. The highest BCUT2D eigenvalue weighted by molar-refractivity contribution is 7.46. The van der Waals surface area contributed by atoms with Crippen LogP contribution < -0.4 is 0 Å². The van der Waals surface area contributed by atoms with E-state index < -0.39 is 19.9 Å². The van der Waals surface area contributed by atoms with Crippen LogP contribution in [0, 0.1) is 46.3 Å². The molecule has 4 fully saturated rings. The van der Waals surface area contributed by atoms with Gasteiger partial charge in [0.1, 0.15) is 0 Å². The smallest absolute Gasteiger partial charge is 0.469 e. The van der Waals surface area contributed by atoms with Gasteiger partial charge in [-0.15, -0.1) is 0 Å². The van der Waals surface area contributed by atoms with Crippen LogP contribution in [0.4, 0.5) is 0 Å². The van der Waals surface area contributed by atoms with Crippen LogP contribution in [0.5, 0.6) is 0 Å². The number of aliphatic carboxylic acids is 1. The van der Waals surface area contributed by atoms with Crippen LogP contribution in [-0.2, 0) is 13.9 Å². The first-order valence-electron chi connectivity index (χ1n) is 12.5. The lowest BCUT2D eigenvalue weighted by Gasteiger charge is -2.63. The van der Waals surface area contributed by atoms with Gasteiger partial charge in [-0.3, -0.25) is 9.32 Å². The molecule has 0 radical (unpaired) electrons. The number of carbonyl (C=O) groups is 1. The molecule has 4 rings (SSSR count). The Hall–Kier alpha value is -0.460. The standard InChI is InChI=1S/C24H41O7P/c1-14(4-7-21(26)27)17-5-6-18-22-19(9-11-24(17,18)3)23(2)10-8-16(25)12-15(23)13-20(22)31-32(28,29)30/h14-20,22,25H,4-13H2,1-3H3,(H,26,27)(H2,28,29,30)/t14-,15?,16-,17-,18+,19+,20?,22?,23?,24?/m1/s1. The lowest BCUT2D eigenvalue weighted by molar-refractivity contribution is -0.171. The molecule has 0 aromatic rings. The summed E-state index contributed by atoms with van der Waals surface area (Å²) in [5.41, 5.74) is 0.125. The van der Waals surface area contributed by atoms with Crippen LogP contribution in [0.15, 0.2) is 0 Å². The third-order valence-corrected chi connectivity index (χ3v) is 11.0. The second kappa shape index (κ2) is 8.64. The molecule has 4 saturated carbocycles. The first-order valence-corrected chi connectivity index (χ1v) is 14.0. The van der Waals surface area contributed by atoms with Crippen LogP contribution in [-0.4, -0.2) is 38.2 Å². The fraction of sp³-hybridized carbons (Fsp3) is 0.958. The van der Waals surface area contributed by atoms with Crippen LogP contribution in [0.2, 0.25) is 0 Å². The van der Waals surface area contributed by atoms with E-state index in [2.05, 4.69) is 20.8 Å². The maximum atomic E-state index is 11.9. The van der Waals surface area contributed by atoms with Crippen molar-refractivity contribution in [1.29, 1.82) is 0 Å². The molecule has 0 aromatic carbocycles. The second-order valence-corrected chi connectivity index (χ2v) is 13.1. The van der Waals surface area contributed by atoms with E-state index in [9.17, 15) is 24.3 Å². The Balaban J connectivity index is 1.64. The molecule has 0 saturated heterocycles. The highest BCUT2D eigenvalue weighted by atomic mass is 31.2. The fourth-order valence-corrected chi connectivity index (χ4v) is 9.57. The van der Waals surface area contributed by atoms with E-state index in [1.165, 1.54) is 0 Å². The van der Waals surface area contributed by atoms with E-state index in [1.54, 1.807) is 0 Å². The summed E-state index contributed by atoms with van der Waals surface area (Å²) in [5, 5.41) is 19.5. The van der Waals surface area contributed by atoms with Crippen LogP contribution in [0.1, 0.15) is 85.0 Å². The van der Waals surface area contributed by atoms with Crippen molar-refractivity contribution >= 4 is 13.8 Å². The number of aliphatic hydroxyl groups is 1. The third-order valence-electron chi connectivity index (χ3n) is 10.5. The number of aliphatic hydroxyl groups excluding tert-OH is 1. The lowest BCUT2D eigenvalue weighted by atomic mass is 9.43. The molecule has 0 spiro atoms. The van der Waals surface area contributed by atoms with Crippen molar-refractivity contribution in [2.45, 2.75) is 97.2 Å². The largest absolute Gasteiger partial charge is 0.481 e. The van der Waals surface area contributed by atoms with Gasteiger partial charge >= 0.3 is 13.8 Å². The number of rotatable bonds is 6. The minimum atomic E-state index is -4.62. The average Bonchev–Trinajstić information content (AvgIpc) is 3.03. The van der Waals surface area contributed by atoms with Crippen LogP contribution in [0.25, 0.3) is 0 Å². The topological polar surface area (TPSA) is 124 Å². The predicted octanol–water partition coefficient (Wildman–Crippen LogP) is 4.59. The number of hydrogen-bond donors (Lipinski definition) is 4. The molecule has 4 aliphatic rings. The summed E-state index contributed by atoms with van der Waals surface area (Å²) in [7, 11) is -4.62. The fourth-order valence-electron chi connectivity index (χ4n) is 8.99. The van der Waals surface area contributed by atoms with Crippen molar-refractivity contribution in [1.82, 2.24) is 0 Å². The van der Waals surface area contributed by atoms with Gasteiger partial charge in [-0.2, -0.15) is 0 Å². The van der Waals surface area contributed by atoms with Gasteiger partial charge in [0.15, 0.2) is 0 Å². The van der Waals surface area contributed by atoms with E-state index in [1.807, 2.05) is 0 Å². The zero-order chi connectivity index (χ0) is 23.5. The van der Waals surface area contributed by atoms with Gasteiger partial charge in [0.25, 0.3) is 0 Å². The molecule has 0 bridgehead atoms. The monoisotopic (exact) mass is 472 g/mol. The van der Waals surface area contributed by atoms with Crippen molar-refractivity contribution in [2.75, 3.05) is 0 Å². The molecule has 4 aliphatic carbocycles. The van der Waals surface area contributed by atoms with Gasteiger partial charge in [0, 0.05) is 6.42 Å². The Morgan fingerprint density at radius 3 is 2.38 bits per heavy atom. The number of carboxylic acids is 1. The highest BCUT2D eigenvalue weighted by Crippen LogP contribution is 2.69. The minimum Gasteiger partial charge on any atom is -0.481 e. The van der Waals surface area contributed by atoms with Gasteiger partial charge in [-0.25, -0.2) is 4.57 Å². The quantitative estimate of drug-likeness (QED) is 0.417. The molecule has 184 valence electrons. The van der Waals surface area contributed by atoms with Crippen molar-refractivity contribution in [3.05, 3.63) is 0 Å². The Labute approximate surface area is 191 Å². The first kappa shape index (κ1) is 24.7. The molecular formula is C24H41O7P. The SMILES string of the molecule is C[C@H](CCC(=O)O)[C@H]1CC[C@H]2C3C(OP(=O)(O)O)CC4C[C@H](O)CCC4(C)[C@H]3CCC12C. The molecule has 7 nitrogen and oxygen atoms in total. The number of hydrogen-bond acceptors (Lipinski definition) is 4. The Bertz CT molecular complexity index is 767. The lowest BCUT2D eigenvalue weighted by Crippen LogP contribution is -2.59. The summed E-state index contributed by atoms with van der Waals surface area (Å²) in [6.07, 6.45) is 7.27. The molecule has 0 aliphatic heterocycles. The highest BCUT2D eigenvalue weighted by Gasteiger charge is 2.63. The van der Waals surface area contributed by atoms with Crippen molar-refractivity contribution in [2.24, 2.45) is 46.3 Å². The molecular weight excluding hydrogens is 431 g/mol. The van der Waals surface area contributed by atoms with E-state index in [4.69, 9.17) is 9.63 Å². The van der Waals surface area contributed by atoms with Gasteiger partial charge < -0.3 is 20.0 Å². The van der Waals surface area contributed by atoms with E-state index in [0.717, 1.165) is 38.5 Å². The molecule has 32 heavy (non-hydrogen) atoms. The van der Waals surface area contributed by atoms with E-state index >= 15 is 0 Å². The zero-order valence-electron chi connectivity index (χ0n) is 19.7. The van der Waals surface area contributed by atoms with Gasteiger partial charge in [-0.1, -0.05) is 20.8 Å². The number of fused-ring (bicyclic) bond motifs is 5. The average molecular weight is 473 g/mol. The Kier molecular flexibility index (Phi) is 6.66. The zero-order valence-corrected chi connectivity index (χ0v) is 20.5. The summed E-state index contributed by atoms with van der Waals surface area (Å²) < 4.78 is 17.5. The van der Waals surface area contributed by atoms with Crippen molar-refractivity contribution in [3.63, 3.8) is 0 Å². The molecule has 0 amide bonds. The maximum Gasteiger partial charge on any atom is 0.469 e. The summed E-state index contributed by atoms with van der Waals surface area (Å²) in [4.78, 5) is 30.6. The van der Waals surface area contributed by atoms with Crippen molar-refractivity contribution in [3.8, 4) is 0 Å². The summed E-state index contributed by atoms with van der Waals surface area (Å²) in [6.45, 7) is 6.87. The summed E-state index contributed by atoms with van der Waals surface area (Å²) in [6, 6.07) is 0. The normalized spacial score (nSPS) is 47.2. The molecule has 5 unspecified atom stereocenters. The van der Waals surface area contributed by atoms with Gasteiger partial charge in [-0.05, 0) is 104 Å². The van der Waals surface area contributed by atoms with Crippen LogP contribution in [0.3, 0.4) is 0 Å². The number of phosphoric acid groups is 1. The third kappa shape index (κ3) is 4.33. The summed E-state index contributed by atoms with van der Waals surface area (Å²) >= 11 is 0. The molecule has 10 atom stereocenters. The first-order chi connectivity index (χ1) is 14.8. The minimum absolute atomic E-state index is 0.0486. The molecule has 8 heteroatoms. The van der Waals surface area contributed by atoms with Crippen molar-refractivity contribution < 1.29 is 33.9 Å².